The van der Waals surface area contributed by atoms with E-state index in [0.717, 1.165) is 32.1 Å². The monoisotopic (exact) mass is 358 g/mol. The first-order valence-corrected chi connectivity index (χ1v) is 9.90. The molecule has 6 fully saturated rings. The van der Waals surface area contributed by atoms with Gasteiger partial charge in [0, 0.05) is 5.41 Å². The summed E-state index contributed by atoms with van der Waals surface area (Å²) in [6.07, 6.45) is 5.33. The Kier molecular flexibility index (Phi) is 3.17. The fourth-order valence-corrected chi connectivity index (χ4v) is 7.73. The SMILES string of the molecule is C=C1C(=O)[C@]23CC[C@H]1CC2[C@@]12CCC[C@@](C)(COC1=O)C2C[C@H]3OC=O. The Bertz CT molecular complexity index is 728. The van der Waals surface area contributed by atoms with Crippen LogP contribution in [0.25, 0.3) is 0 Å². The van der Waals surface area contributed by atoms with Crippen molar-refractivity contribution in [2.24, 2.45) is 34.0 Å². The number of rotatable bonds is 2. The molecule has 1 heterocycles. The third-order valence-corrected chi connectivity index (χ3v) is 8.84. The Balaban J connectivity index is 1.72. The second-order valence-corrected chi connectivity index (χ2v) is 9.55. The van der Waals surface area contributed by atoms with Crippen molar-refractivity contribution >= 4 is 18.2 Å². The molecule has 4 bridgehead atoms. The van der Waals surface area contributed by atoms with Crippen LogP contribution in [0.5, 0.6) is 0 Å². The summed E-state index contributed by atoms with van der Waals surface area (Å²) in [5, 5.41) is 0. The van der Waals surface area contributed by atoms with Crippen LogP contribution in [0.1, 0.15) is 51.9 Å². The maximum atomic E-state index is 13.4. The predicted molar refractivity (Wildman–Crippen MR) is 91.8 cm³/mol. The fraction of sp³-hybridized carbons (Fsp3) is 0.762. The van der Waals surface area contributed by atoms with Crippen molar-refractivity contribution in [3.05, 3.63) is 12.2 Å². The molecule has 5 aliphatic carbocycles. The highest BCUT2D eigenvalue weighted by Gasteiger charge is 2.76. The van der Waals surface area contributed by atoms with E-state index in [-0.39, 0.29) is 34.9 Å². The maximum absolute atomic E-state index is 13.4. The molecule has 140 valence electrons. The van der Waals surface area contributed by atoms with Crippen LogP contribution in [0.15, 0.2) is 12.2 Å². The number of Topliss-reactive ketones (excluding diaryl/α,β-unsaturated/α-hetero) is 1. The van der Waals surface area contributed by atoms with E-state index >= 15 is 0 Å². The first-order chi connectivity index (χ1) is 12.4. The lowest BCUT2D eigenvalue weighted by atomic mass is 9.35. The molecule has 26 heavy (non-hydrogen) atoms. The zero-order valence-electron chi connectivity index (χ0n) is 15.3. The molecule has 0 radical (unpaired) electrons. The lowest BCUT2D eigenvalue weighted by molar-refractivity contribution is -0.256. The zero-order valence-corrected chi connectivity index (χ0v) is 15.3. The van der Waals surface area contributed by atoms with Gasteiger partial charge in [-0.1, -0.05) is 19.9 Å². The lowest BCUT2D eigenvalue weighted by Crippen LogP contribution is -2.73. The molecule has 5 saturated carbocycles. The number of ketones is 1. The third-order valence-electron chi connectivity index (χ3n) is 8.84. The van der Waals surface area contributed by atoms with Crippen LogP contribution < -0.4 is 0 Å². The third kappa shape index (κ3) is 1.62. The highest BCUT2D eigenvalue weighted by Crippen LogP contribution is 2.73. The minimum Gasteiger partial charge on any atom is -0.465 e. The van der Waals surface area contributed by atoms with Crippen molar-refractivity contribution in [2.75, 3.05) is 6.61 Å². The van der Waals surface area contributed by atoms with E-state index in [2.05, 4.69) is 13.5 Å². The zero-order chi connectivity index (χ0) is 18.3. The summed E-state index contributed by atoms with van der Waals surface area (Å²) in [5.41, 5.74) is -0.791. The predicted octanol–water partition coefficient (Wildman–Crippen LogP) is 2.82. The van der Waals surface area contributed by atoms with Gasteiger partial charge < -0.3 is 9.47 Å². The molecule has 1 aliphatic heterocycles. The molecule has 2 unspecified atom stereocenters. The van der Waals surface area contributed by atoms with E-state index in [1.165, 1.54) is 0 Å². The number of hydrogen-bond acceptors (Lipinski definition) is 5. The molecule has 7 atom stereocenters. The van der Waals surface area contributed by atoms with E-state index in [9.17, 15) is 14.4 Å². The molecule has 6 rings (SSSR count). The van der Waals surface area contributed by atoms with Crippen molar-refractivity contribution in [1.82, 2.24) is 0 Å². The van der Waals surface area contributed by atoms with Crippen LogP contribution in [0, 0.1) is 34.0 Å². The standard InChI is InChI=1S/C21H26O5/c1-12-13-4-7-21(17(12)23)15(8-13)20-6-3-5-19(2,10-25-18(20)24)14(20)9-16(21)26-11-22/h11,13-16H,1,3-10H2,2H3/t13-,14?,15?,16+,19-,20-,21+/m0/s1. The molecular weight excluding hydrogens is 332 g/mol. The molecule has 1 spiro atoms. The minimum absolute atomic E-state index is 0.0373. The van der Waals surface area contributed by atoms with Gasteiger partial charge in [0.15, 0.2) is 5.78 Å². The van der Waals surface area contributed by atoms with Crippen molar-refractivity contribution in [3.63, 3.8) is 0 Å². The van der Waals surface area contributed by atoms with Gasteiger partial charge in [-0.2, -0.15) is 0 Å². The molecule has 1 saturated heterocycles. The fourth-order valence-electron chi connectivity index (χ4n) is 7.73. The van der Waals surface area contributed by atoms with Crippen LogP contribution in [0.3, 0.4) is 0 Å². The van der Waals surface area contributed by atoms with Crippen LogP contribution >= 0.6 is 0 Å². The summed E-state index contributed by atoms with van der Waals surface area (Å²) in [4.78, 5) is 37.9. The number of ether oxygens (including phenoxy) is 2. The van der Waals surface area contributed by atoms with Gasteiger partial charge in [-0.15, -0.1) is 0 Å². The number of esters is 1. The number of allylic oxidation sites excluding steroid dienone is 1. The Morgan fingerprint density at radius 3 is 2.73 bits per heavy atom. The van der Waals surface area contributed by atoms with Gasteiger partial charge in [0.1, 0.15) is 6.10 Å². The highest BCUT2D eigenvalue weighted by atomic mass is 16.5. The smallest absolute Gasteiger partial charge is 0.312 e. The van der Waals surface area contributed by atoms with Crippen LogP contribution in [0.4, 0.5) is 0 Å². The molecular formula is C21H26O5. The quantitative estimate of drug-likeness (QED) is 0.431. The van der Waals surface area contributed by atoms with Gasteiger partial charge in [0.25, 0.3) is 6.47 Å². The summed E-state index contributed by atoms with van der Waals surface area (Å²) >= 11 is 0. The van der Waals surface area contributed by atoms with E-state index in [1.807, 2.05) is 0 Å². The molecule has 6 aliphatic rings. The Hall–Kier alpha value is -1.65. The van der Waals surface area contributed by atoms with Gasteiger partial charge in [0.05, 0.1) is 17.4 Å². The van der Waals surface area contributed by atoms with Crippen LogP contribution in [-0.4, -0.2) is 30.9 Å². The van der Waals surface area contributed by atoms with Gasteiger partial charge in [-0.05, 0) is 61.9 Å². The van der Waals surface area contributed by atoms with E-state index in [4.69, 9.17) is 9.47 Å². The summed E-state index contributed by atoms with van der Waals surface area (Å²) in [6, 6.07) is 0. The van der Waals surface area contributed by atoms with E-state index in [0.29, 0.717) is 31.5 Å². The van der Waals surface area contributed by atoms with Gasteiger partial charge in [-0.25, -0.2) is 0 Å². The summed E-state index contributed by atoms with van der Waals surface area (Å²) < 4.78 is 11.3. The maximum Gasteiger partial charge on any atom is 0.312 e. The molecule has 0 aromatic heterocycles. The Morgan fingerprint density at radius 1 is 1.15 bits per heavy atom. The molecule has 0 aromatic carbocycles. The average Bonchev–Trinajstić information content (AvgIpc) is 2.63. The Labute approximate surface area is 153 Å². The number of carbonyl (C=O) groups is 3. The molecule has 5 heteroatoms. The van der Waals surface area contributed by atoms with E-state index in [1.54, 1.807) is 0 Å². The molecule has 5 nitrogen and oxygen atoms in total. The summed E-state index contributed by atoms with van der Waals surface area (Å²) in [6.45, 7) is 7.20. The molecule has 0 N–H and O–H groups in total. The number of cyclic esters (lactones) is 1. The summed E-state index contributed by atoms with van der Waals surface area (Å²) in [5.74, 6) is 0.103. The lowest BCUT2D eigenvalue weighted by Gasteiger charge is -2.69. The van der Waals surface area contributed by atoms with Gasteiger partial charge in [-0.3, -0.25) is 14.4 Å². The van der Waals surface area contributed by atoms with Crippen molar-refractivity contribution in [3.8, 4) is 0 Å². The largest absolute Gasteiger partial charge is 0.465 e. The summed E-state index contributed by atoms with van der Waals surface area (Å²) in [7, 11) is 0. The van der Waals surface area contributed by atoms with Crippen LogP contribution in [0.2, 0.25) is 0 Å². The normalized spacial score (nSPS) is 52.0. The van der Waals surface area contributed by atoms with Crippen molar-refractivity contribution < 1.29 is 23.9 Å². The minimum atomic E-state index is -0.780. The number of fused-ring (bicyclic) bond motifs is 2. The number of carbonyl (C=O) groups excluding carboxylic acids is 3. The topological polar surface area (TPSA) is 69.7 Å². The van der Waals surface area contributed by atoms with Gasteiger partial charge in [0.2, 0.25) is 0 Å². The second-order valence-electron chi connectivity index (χ2n) is 9.55. The molecule has 0 aromatic rings. The van der Waals surface area contributed by atoms with Crippen LogP contribution in [-0.2, 0) is 23.9 Å². The van der Waals surface area contributed by atoms with E-state index < -0.39 is 16.9 Å². The average molecular weight is 358 g/mol. The Morgan fingerprint density at radius 2 is 1.96 bits per heavy atom. The molecule has 0 amide bonds. The van der Waals surface area contributed by atoms with Crippen molar-refractivity contribution in [1.29, 1.82) is 0 Å². The van der Waals surface area contributed by atoms with Crippen molar-refractivity contribution in [2.45, 2.75) is 58.0 Å². The first kappa shape index (κ1) is 16.5. The highest BCUT2D eigenvalue weighted by molar-refractivity contribution is 6.03. The number of hydrogen-bond donors (Lipinski definition) is 0. The first-order valence-electron chi connectivity index (χ1n) is 9.90. The van der Waals surface area contributed by atoms with Gasteiger partial charge >= 0.3 is 5.97 Å². The second kappa shape index (κ2) is 4.99.